The van der Waals surface area contributed by atoms with Crippen LogP contribution in [0.2, 0.25) is 0 Å². The van der Waals surface area contributed by atoms with Crippen molar-refractivity contribution in [2.45, 2.75) is 26.6 Å². The maximum atomic E-state index is 10.3. The smallest absolute Gasteiger partial charge is 0.328 e. The second kappa shape index (κ2) is 6.08. The van der Waals surface area contributed by atoms with Gasteiger partial charge in [0.2, 0.25) is 0 Å². The van der Waals surface area contributed by atoms with E-state index < -0.39 is 5.97 Å². The van der Waals surface area contributed by atoms with E-state index in [9.17, 15) is 4.79 Å². The summed E-state index contributed by atoms with van der Waals surface area (Å²) in [4.78, 5) is 10.3. The van der Waals surface area contributed by atoms with Crippen LogP contribution < -0.4 is 0 Å². The second-order valence-corrected chi connectivity index (χ2v) is 3.77. The molecule has 0 aliphatic heterocycles. The van der Waals surface area contributed by atoms with Gasteiger partial charge in [-0.25, -0.2) is 4.79 Å². The molecule has 0 spiro atoms. The van der Waals surface area contributed by atoms with Crippen molar-refractivity contribution in [3.05, 3.63) is 41.5 Å². The number of carboxylic acids is 1. The fourth-order valence-electron chi connectivity index (χ4n) is 1.16. The van der Waals surface area contributed by atoms with Crippen LogP contribution in [-0.2, 0) is 16.1 Å². The summed E-state index contributed by atoms with van der Waals surface area (Å²) in [5.41, 5.74) is 1.96. The van der Waals surface area contributed by atoms with E-state index in [-0.39, 0.29) is 6.10 Å². The third kappa shape index (κ3) is 4.75. The molecule has 1 aromatic rings. The van der Waals surface area contributed by atoms with Crippen molar-refractivity contribution in [1.29, 1.82) is 0 Å². The minimum absolute atomic E-state index is 0.214. The first kappa shape index (κ1) is 12.5. The van der Waals surface area contributed by atoms with Crippen molar-refractivity contribution in [1.82, 2.24) is 0 Å². The van der Waals surface area contributed by atoms with Crippen LogP contribution in [0.5, 0.6) is 0 Å². The number of carbonyl (C=O) groups is 1. The van der Waals surface area contributed by atoms with Crippen LogP contribution in [0.1, 0.15) is 25.0 Å². The summed E-state index contributed by atoms with van der Waals surface area (Å²) < 4.78 is 5.45. The van der Waals surface area contributed by atoms with E-state index in [0.29, 0.717) is 6.61 Å². The molecule has 0 heterocycles. The molecule has 0 saturated heterocycles. The lowest BCUT2D eigenvalue weighted by Crippen LogP contribution is -2.01. The number of hydrogen-bond acceptors (Lipinski definition) is 2. The van der Waals surface area contributed by atoms with Crippen LogP contribution in [0.4, 0.5) is 0 Å². The fourth-order valence-corrected chi connectivity index (χ4v) is 1.16. The van der Waals surface area contributed by atoms with Gasteiger partial charge in [-0.3, -0.25) is 0 Å². The van der Waals surface area contributed by atoms with E-state index in [1.807, 2.05) is 38.1 Å². The monoisotopic (exact) mass is 220 g/mol. The highest BCUT2D eigenvalue weighted by Gasteiger charge is 1.96. The Hall–Kier alpha value is -1.61. The SMILES string of the molecule is CC(C)OCc1ccc(/C=C/C(=O)O)cc1. The summed E-state index contributed by atoms with van der Waals surface area (Å²) in [6, 6.07) is 7.62. The summed E-state index contributed by atoms with van der Waals surface area (Å²) in [7, 11) is 0. The molecule has 0 aliphatic carbocycles. The average Bonchev–Trinajstić information content (AvgIpc) is 2.25. The Kier molecular flexibility index (Phi) is 4.73. The van der Waals surface area contributed by atoms with Gasteiger partial charge in [-0.05, 0) is 31.1 Å². The first-order chi connectivity index (χ1) is 7.58. The molecule has 86 valence electrons. The van der Waals surface area contributed by atoms with E-state index in [4.69, 9.17) is 9.84 Å². The van der Waals surface area contributed by atoms with Crippen LogP contribution in [0.25, 0.3) is 6.08 Å². The topological polar surface area (TPSA) is 46.5 Å². The number of hydrogen-bond donors (Lipinski definition) is 1. The molecule has 1 N–H and O–H groups in total. The van der Waals surface area contributed by atoms with Gasteiger partial charge in [-0.1, -0.05) is 24.3 Å². The van der Waals surface area contributed by atoms with Crippen molar-refractivity contribution in [2.75, 3.05) is 0 Å². The number of benzene rings is 1. The predicted octanol–water partition coefficient (Wildman–Crippen LogP) is 2.71. The molecule has 0 aromatic heterocycles. The van der Waals surface area contributed by atoms with E-state index in [0.717, 1.165) is 17.2 Å². The minimum Gasteiger partial charge on any atom is -0.478 e. The van der Waals surface area contributed by atoms with Crippen molar-refractivity contribution in [3.8, 4) is 0 Å². The molecule has 0 aliphatic rings. The Labute approximate surface area is 95.4 Å². The van der Waals surface area contributed by atoms with Crippen molar-refractivity contribution < 1.29 is 14.6 Å². The maximum Gasteiger partial charge on any atom is 0.328 e. The van der Waals surface area contributed by atoms with E-state index in [2.05, 4.69) is 0 Å². The number of rotatable bonds is 5. The molecule has 3 heteroatoms. The molecule has 0 saturated carbocycles. The first-order valence-corrected chi connectivity index (χ1v) is 5.19. The molecule has 0 bridgehead atoms. The highest BCUT2D eigenvalue weighted by Crippen LogP contribution is 2.08. The molecule has 1 aromatic carbocycles. The van der Waals surface area contributed by atoms with Crippen LogP contribution in [0, 0.1) is 0 Å². The van der Waals surface area contributed by atoms with Crippen LogP contribution in [0.15, 0.2) is 30.3 Å². The lowest BCUT2D eigenvalue weighted by Gasteiger charge is -2.07. The molecule has 3 nitrogen and oxygen atoms in total. The summed E-state index contributed by atoms with van der Waals surface area (Å²) >= 11 is 0. The van der Waals surface area contributed by atoms with E-state index in [1.54, 1.807) is 6.08 Å². The summed E-state index contributed by atoms with van der Waals surface area (Å²) in [5, 5.41) is 8.47. The molecular formula is C13H16O3. The molecule has 0 atom stereocenters. The lowest BCUT2D eigenvalue weighted by molar-refractivity contribution is -0.131. The lowest BCUT2D eigenvalue weighted by atomic mass is 10.1. The highest BCUT2D eigenvalue weighted by molar-refractivity contribution is 5.85. The van der Waals surface area contributed by atoms with Gasteiger partial charge in [0, 0.05) is 6.08 Å². The molecule has 0 unspecified atom stereocenters. The predicted molar refractivity (Wildman–Crippen MR) is 63.0 cm³/mol. The number of aliphatic carboxylic acids is 1. The number of carboxylic acid groups (broad SMARTS) is 1. The Morgan fingerprint density at radius 2 is 2.00 bits per heavy atom. The summed E-state index contributed by atoms with van der Waals surface area (Å²) in [6.45, 7) is 4.56. The molecule has 16 heavy (non-hydrogen) atoms. The van der Waals surface area contributed by atoms with Crippen molar-refractivity contribution in [3.63, 3.8) is 0 Å². The molecule has 0 amide bonds. The number of ether oxygens (including phenoxy) is 1. The van der Waals surface area contributed by atoms with Crippen LogP contribution >= 0.6 is 0 Å². The molecule has 0 fully saturated rings. The Morgan fingerprint density at radius 3 is 2.50 bits per heavy atom. The Morgan fingerprint density at radius 1 is 1.38 bits per heavy atom. The van der Waals surface area contributed by atoms with Gasteiger partial charge in [0.05, 0.1) is 12.7 Å². The van der Waals surface area contributed by atoms with Gasteiger partial charge >= 0.3 is 5.97 Å². The van der Waals surface area contributed by atoms with Gasteiger partial charge in [-0.2, -0.15) is 0 Å². The highest BCUT2D eigenvalue weighted by atomic mass is 16.5. The molecule has 1 rings (SSSR count). The largest absolute Gasteiger partial charge is 0.478 e. The van der Waals surface area contributed by atoms with Gasteiger partial charge in [0.1, 0.15) is 0 Å². The van der Waals surface area contributed by atoms with Crippen molar-refractivity contribution in [2.24, 2.45) is 0 Å². The van der Waals surface area contributed by atoms with Crippen LogP contribution in [-0.4, -0.2) is 17.2 Å². The van der Waals surface area contributed by atoms with E-state index in [1.165, 1.54) is 0 Å². The average molecular weight is 220 g/mol. The maximum absolute atomic E-state index is 10.3. The second-order valence-electron chi connectivity index (χ2n) is 3.77. The fraction of sp³-hybridized carbons (Fsp3) is 0.308. The Bertz CT molecular complexity index is 363. The Balaban J connectivity index is 2.57. The van der Waals surface area contributed by atoms with Gasteiger partial charge < -0.3 is 9.84 Å². The van der Waals surface area contributed by atoms with Gasteiger partial charge in [0.15, 0.2) is 0 Å². The zero-order valence-corrected chi connectivity index (χ0v) is 9.51. The zero-order chi connectivity index (χ0) is 12.0. The standard InChI is InChI=1S/C13H16O3/c1-10(2)16-9-12-5-3-11(4-6-12)7-8-13(14)15/h3-8,10H,9H2,1-2H3,(H,14,15)/b8-7+. The summed E-state index contributed by atoms with van der Waals surface area (Å²) in [6.07, 6.45) is 2.90. The molecular weight excluding hydrogens is 204 g/mol. The summed E-state index contributed by atoms with van der Waals surface area (Å²) in [5.74, 6) is -0.938. The first-order valence-electron chi connectivity index (χ1n) is 5.19. The van der Waals surface area contributed by atoms with E-state index >= 15 is 0 Å². The van der Waals surface area contributed by atoms with Gasteiger partial charge in [0.25, 0.3) is 0 Å². The quantitative estimate of drug-likeness (QED) is 0.776. The third-order valence-corrected chi connectivity index (χ3v) is 1.98. The molecule has 0 radical (unpaired) electrons. The van der Waals surface area contributed by atoms with Gasteiger partial charge in [-0.15, -0.1) is 0 Å². The normalized spacial score (nSPS) is 11.2. The third-order valence-electron chi connectivity index (χ3n) is 1.98. The van der Waals surface area contributed by atoms with Crippen LogP contribution in [0.3, 0.4) is 0 Å². The minimum atomic E-state index is -0.938. The van der Waals surface area contributed by atoms with Crippen molar-refractivity contribution >= 4 is 12.0 Å². The zero-order valence-electron chi connectivity index (χ0n) is 9.51.